The van der Waals surface area contributed by atoms with E-state index in [0.29, 0.717) is 0 Å². The molecule has 7 nitrogen and oxygen atoms in total. The summed E-state index contributed by atoms with van der Waals surface area (Å²) in [7, 11) is 0. The van der Waals surface area contributed by atoms with E-state index < -0.39 is 23.6 Å². The van der Waals surface area contributed by atoms with Crippen molar-refractivity contribution in [3.05, 3.63) is 46.3 Å². The minimum Gasteiger partial charge on any atom is -0.463 e. The average Bonchev–Trinajstić information content (AvgIpc) is 2.79. The van der Waals surface area contributed by atoms with Crippen LogP contribution < -0.4 is 0 Å². The van der Waals surface area contributed by atoms with Crippen molar-refractivity contribution in [1.29, 1.82) is 0 Å². The second-order valence-corrected chi connectivity index (χ2v) is 4.20. The van der Waals surface area contributed by atoms with E-state index in [9.17, 15) is 9.59 Å². The van der Waals surface area contributed by atoms with Crippen LogP contribution in [0.25, 0.3) is 10.4 Å². The van der Waals surface area contributed by atoms with Gasteiger partial charge in [-0.1, -0.05) is 30.3 Å². The monoisotopic (exact) mass is 275 g/mol. The molecular weight excluding hydrogens is 262 g/mol. The molecule has 0 spiro atoms. The first kappa shape index (κ1) is 14.0. The number of esters is 1. The summed E-state index contributed by atoms with van der Waals surface area (Å²) >= 11 is 0. The molecule has 0 saturated carbocycles. The fourth-order valence-corrected chi connectivity index (χ4v) is 2.05. The molecule has 1 heterocycles. The highest BCUT2D eigenvalue weighted by molar-refractivity contribution is 6.08. The van der Waals surface area contributed by atoms with Gasteiger partial charge in [-0.3, -0.25) is 4.79 Å². The van der Waals surface area contributed by atoms with Crippen LogP contribution in [-0.2, 0) is 19.1 Å². The summed E-state index contributed by atoms with van der Waals surface area (Å²) in [6.45, 7) is 1.66. The van der Waals surface area contributed by atoms with Crippen LogP contribution in [0.1, 0.15) is 25.0 Å². The molecule has 2 rings (SSSR count). The highest BCUT2D eigenvalue weighted by atomic mass is 16.6. The minimum absolute atomic E-state index is 0.0398. The second-order valence-electron chi connectivity index (χ2n) is 4.20. The van der Waals surface area contributed by atoms with Crippen molar-refractivity contribution in [2.24, 2.45) is 5.11 Å². The summed E-state index contributed by atoms with van der Waals surface area (Å²) in [5, 5.41) is 3.26. The molecule has 2 atom stereocenters. The quantitative estimate of drug-likeness (QED) is 0.276. The van der Waals surface area contributed by atoms with Crippen LogP contribution in [0.4, 0.5) is 0 Å². The van der Waals surface area contributed by atoms with Gasteiger partial charge in [0.1, 0.15) is 0 Å². The van der Waals surface area contributed by atoms with Gasteiger partial charge in [0.15, 0.2) is 5.78 Å². The highest BCUT2D eigenvalue weighted by Crippen LogP contribution is 2.38. The Labute approximate surface area is 115 Å². The molecule has 0 unspecified atom stereocenters. The number of carbonyl (C=O) groups excluding carboxylic acids is 2. The van der Waals surface area contributed by atoms with Gasteiger partial charge in [-0.2, -0.15) is 0 Å². The van der Waals surface area contributed by atoms with Crippen molar-refractivity contribution >= 4 is 11.8 Å². The zero-order valence-corrected chi connectivity index (χ0v) is 10.9. The average molecular weight is 275 g/mol. The predicted molar refractivity (Wildman–Crippen MR) is 68.4 cm³/mol. The maximum Gasteiger partial charge on any atom is 0.352 e. The maximum atomic E-state index is 12.1. The third kappa shape index (κ3) is 2.36. The van der Waals surface area contributed by atoms with E-state index in [2.05, 4.69) is 10.0 Å². The molecule has 0 aromatic heterocycles. The second kappa shape index (κ2) is 5.73. The number of hydrogen-bond donors (Lipinski definition) is 0. The van der Waals surface area contributed by atoms with E-state index in [0.717, 1.165) is 5.56 Å². The number of azide groups is 1. The van der Waals surface area contributed by atoms with Crippen molar-refractivity contribution in [2.75, 3.05) is 6.61 Å². The van der Waals surface area contributed by atoms with Crippen molar-refractivity contribution in [2.45, 2.75) is 25.2 Å². The van der Waals surface area contributed by atoms with Crippen LogP contribution in [0.3, 0.4) is 0 Å². The van der Waals surface area contributed by atoms with Gasteiger partial charge in [0, 0.05) is 11.3 Å². The molecule has 0 amide bonds. The molecular formula is C13H13N3O4. The third-order valence-corrected chi connectivity index (χ3v) is 2.97. The molecule has 1 saturated heterocycles. The van der Waals surface area contributed by atoms with Crippen LogP contribution in [0.15, 0.2) is 35.4 Å². The number of hydrogen-bond acceptors (Lipinski definition) is 5. The zero-order chi connectivity index (χ0) is 14.6. The largest absolute Gasteiger partial charge is 0.463 e. The summed E-state index contributed by atoms with van der Waals surface area (Å²) in [5.74, 6) is -1.57. The number of ether oxygens (including phenoxy) is 2. The first-order chi connectivity index (χ1) is 9.64. The van der Waals surface area contributed by atoms with Gasteiger partial charge in [0.05, 0.1) is 12.7 Å². The van der Waals surface area contributed by atoms with E-state index in [1.54, 1.807) is 31.2 Å². The molecule has 20 heavy (non-hydrogen) atoms. The lowest BCUT2D eigenvalue weighted by Crippen LogP contribution is -2.43. The van der Waals surface area contributed by atoms with E-state index in [4.69, 9.17) is 15.0 Å². The number of ketones is 1. The van der Waals surface area contributed by atoms with Gasteiger partial charge in [0.2, 0.25) is 0 Å². The molecule has 1 aromatic carbocycles. The fourth-order valence-electron chi connectivity index (χ4n) is 2.05. The fraction of sp³-hybridized carbons (Fsp3) is 0.385. The topological polar surface area (TPSA) is 101 Å². The lowest BCUT2D eigenvalue weighted by molar-refractivity contribution is -0.172. The molecule has 0 radical (unpaired) electrons. The van der Waals surface area contributed by atoms with E-state index >= 15 is 0 Å². The molecule has 0 aliphatic carbocycles. The Hall–Kier alpha value is -2.37. The SMILES string of the molecule is CCOC(=O)[C@@]1(N=[N+]=[N-])O[C@H](c2ccccc2)CC1=O. The lowest BCUT2D eigenvalue weighted by atomic mass is 10.0. The number of Topliss-reactive ketones (excluding diaryl/α,β-unsaturated/α-hetero) is 1. The molecule has 1 aliphatic rings. The van der Waals surface area contributed by atoms with E-state index in [-0.39, 0.29) is 13.0 Å². The van der Waals surface area contributed by atoms with Crippen LogP contribution >= 0.6 is 0 Å². The molecule has 1 aliphatic heterocycles. The van der Waals surface area contributed by atoms with Crippen LogP contribution in [-0.4, -0.2) is 24.1 Å². The number of nitrogens with zero attached hydrogens (tertiary/aromatic N) is 3. The molecule has 1 aromatic rings. The first-order valence-electron chi connectivity index (χ1n) is 6.13. The summed E-state index contributed by atoms with van der Waals surface area (Å²) < 4.78 is 10.2. The Balaban J connectivity index is 2.33. The summed E-state index contributed by atoms with van der Waals surface area (Å²) in [6.07, 6.45) is -0.666. The summed E-state index contributed by atoms with van der Waals surface area (Å²) in [6, 6.07) is 8.96. The van der Waals surface area contributed by atoms with Crippen molar-refractivity contribution < 1.29 is 19.1 Å². The highest BCUT2D eigenvalue weighted by Gasteiger charge is 2.55. The predicted octanol–water partition coefficient (Wildman–Crippen LogP) is 2.29. The van der Waals surface area contributed by atoms with Gasteiger partial charge in [-0.15, -0.1) is 0 Å². The number of benzene rings is 1. The molecule has 104 valence electrons. The number of rotatable bonds is 4. The Morgan fingerprint density at radius 2 is 2.25 bits per heavy atom. The Kier molecular flexibility index (Phi) is 4.02. The summed E-state index contributed by atoms with van der Waals surface area (Å²) in [4.78, 5) is 26.6. The van der Waals surface area contributed by atoms with Crippen molar-refractivity contribution in [3.63, 3.8) is 0 Å². The lowest BCUT2D eigenvalue weighted by Gasteiger charge is -2.20. The van der Waals surface area contributed by atoms with Gasteiger partial charge in [-0.05, 0) is 23.1 Å². The van der Waals surface area contributed by atoms with Gasteiger partial charge >= 0.3 is 11.7 Å². The Morgan fingerprint density at radius 1 is 1.55 bits per heavy atom. The van der Waals surface area contributed by atoms with Crippen LogP contribution in [0.5, 0.6) is 0 Å². The molecule has 0 bridgehead atoms. The minimum atomic E-state index is -2.20. The van der Waals surface area contributed by atoms with Crippen molar-refractivity contribution in [1.82, 2.24) is 0 Å². The Morgan fingerprint density at radius 3 is 2.85 bits per heavy atom. The van der Waals surface area contributed by atoms with Crippen LogP contribution in [0.2, 0.25) is 0 Å². The van der Waals surface area contributed by atoms with E-state index in [1.807, 2.05) is 6.07 Å². The van der Waals surface area contributed by atoms with Gasteiger partial charge in [-0.25, -0.2) is 4.79 Å². The standard InChI is InChI=1S/C13H13N3O4/c1-2-19-12(18)13(15-16-14)11(17)8-10(20-13)9-6-4-3-5-7-9/h3-7,10H,2,8H2,1H3/t10-,13-/m0/s1. The summed E-state index contributed by atoms with van der Waals surface area (Å²) in [5.41, 5.74) is 7.14. The van der Waals surface area contributed by atoms with Crippen molar-refractivity contribution in [3.8, 4) is 0 Å². The van der Waals surface area contributed by atoms with Crippen LogP contribution in [0, 0.1) is 0 Å². The zero-order valence-electron chi connectivity index (χ0n) is 10.9. The third-order valence-electron chi connectivity index (χ3n) is 2.97. The molecule has 7 heteroatoms. The van der Waals surface area contributed by atoms with E-state index in [1.165, 1.54) is 0 Å². The number of carbonyl (C=O) groups is 2. The normalized spacial score (nSPS) is 25.1. The van der Waals surface area contributed by atoms with Gasteiger partial charge < -0.3 is 9.47 Å². The first-order valence-corrected chi connectivity index (χ1v) is 6.13. The maximum absolute atomic E-state index is 12.1. The smallest absolute Gasteiger partial charge is 0.352 e. The van der Waals surface area contributed by atoms with Gasteiger partial charge in [0.25, 0.3) is 0 Å². The molecule has 0 N–H and O–H groups in total. The molecule has 1 fully saturated rings. The Bertz CT molecular complexity index is 568.